The molecule has 2 aromatic rings. The summed E-state index contributed by atoms with van der Waals surface area (Å²) >= 11 is 3.38. The van der Waals surface area contributed by atoms with Crippen molar-refractivity contribution in [1.29, 1.82) is 0 Å². The number of hydrogen-bond acceptors (Lipinski definition) is 3. The zero-order chi connectivity index (χ0) is 14.8. The molecule has 106 valence electrons. The lowest BCUT2D eigenvalue weighted by Gasteiger charge is -2.10. The van der Waals surface area contributed by atoms with Gasteiger partial charge in [0.05, 0.1) is 12.0 Å². The Morgan fingerprint density at radius 2 is 1.75 bits per heavy atom. The molecule has 6 heteroatoms. The van der Waals surface area contributed by atoms with Gasteiger partial charge in [0.2, 0.25) is 0 Å². The van der Waals surface area contributed by atoms with Crippen LogP contribution in [0, 0.1) is 6.92 Å². The van der Waals surface area contributed by atoms with Crippen LogP contribution in [-0.4, -0.2) is 15.5 Å². The van der Waals surface area contributed by atoms with Crippen LogP contribution in [-0.2, 0) is 10.0 Å². The molecule has 0 aliphatic heterocycles. The van der Waals surface area contributed by atoms with E-state index in [0.717, 1.165) is 10.0 Å². The number of rotatable bonds is 4. The minimum atomic E-state index is -3.59. The molecule has 0 unspecified atom stereocenters. The molecule has 0 bridgehead atoms. The van der Waals surface area contributed by atoms with E-state index in [1.807, 2.05) is 6.92 Å². The van der Waals surface area contributed by atoms with Gasteiger partial charge in [-0.2, -0.15) is 0 Å². The summed E-state index contributed by atoms with van der Waals surface area (Å²) < 4.78 is 33.0. The van der Waals surface area contributed by atoms with Crippen LogP contribution in [0.25, 0.3) is 0 Å². The number of methoxy groups -OCH3 is 1. The van der Waals surface area contributed by atoms with Gasteiger partial charge >= 0.3 is 0 Å². The number of benzene rings is 2. The SMILES string of the molecule is COc1ccc(S(=O)(=O)Nc2ccc(Br)c(C)c2)cc1. The summed E-state index contributed by atoms with van der Waals surface area (Å²) in [5.41, 5.74) is 1.49. The zero-order valence-electron chi connectivity index (χ0n) is 11.1. The number of sulfonamides is 1. The predicted octanol–water partition coefficient (Wildman–Crippen LogP) is 3.57. The third kappa shape index (κ3) is 3.32. The molecule has 0 amide bonds. The number of nitrogens with one attached hydrogen (secondary N) is 1. The Bertz CT molecular complexity index is 712. The molecule has 2 aromatic carbocycles. The van der Waals surface area contributed by atoms with Crippen molar-refractivity contribution >= 4 is 31.6 Å². The molecule has 0 aromatic heterocycles. The van der Waals surface area contributed by atoms with E-state index in [1.54, 1.807) is 30.3 Å². The van der Waals surface area contributed by atoms with Crippen LogP contribution < -0.4 is 9.46 Å². The van der Waals surface area contributed by atoms with Gasteiger partial charge < -0.3 is 4.74 Å². The van der Waals surface area contributed by atoms with Gasteiger partial charge in [0, 0.05) is 10.2 Å². The summed E-state index contributed by atoms with van der Waals surface area (Å²) in [4.78, 5) is 0.193. The van der Waals surface area contributed by atoms with E-state index >= 15 is 0 Å². The topological polar surface area (TPSA) is 55.4 Å². The standard InChI is InChI=1S/C14H14BrNO3S/c1-10-9-11(3-8-14(10)15)16-20(17,18)13-6-4-12(19-2)5-7-13/h3-9,16H,1-2H3. The van der Waals surface area contributed by atoms with Gasteiger partial charge in [0.15, 0.2) is 0 Å². The highest BCUT2D eigenvalue weighted by atomic mass is 79.9. The molecular weight excluding hydrogens is 342 g/mol. The van der Waals surface area contributed by atoms with E-state index < -0.39 is 10.0 Å². The van der Waals surface area contributed by atoms with Gasteiger partial charge in [-0.1, -0.05) is 15.9 Å². The molecule has 20 heavy (non-hydrogen) atoms. The monoisotopic (exact) mass is 355 g/mol. The Morgan fingerprint density at radius 3 is 2.30 bits per heavy atom. The average molecular weight is 356 g/mol. The van der Waals surface area contributed by atoms with Gasteiger partial charge in [0.25, 0.3) is 10.0 Å². The molecule has 0 aliphatic rings. The van der Waals surface area contributed by atoms with Crippen LogP contribution in [0.2, 0.25) is 0 Å². The summed E-state index contributed by atoms with van der Waals surface area (Å²) in [6, 6.07) is 11.5. The molecule has 0 spiro atoms. The predicted molar refractivity (Wildman–Crippen MR) is 82.7 cm³/mol. The van der Waals surface area contributed by atoms with Gasteiger partial charge in [-0.15, -0.1) is 0 Å². The van der Waals surface area contributed by atoms with Crippen LogP contribution in [0.15, 0.2) is 51.8 Å². The molecule has 1 N–H and O–H groups in total. The van der Waals surface area contributed by atoms with Crippen molar-refractivity contribution in [3.63, 3.8) is 0 Å². The molecular formula is C14H14BrNO3S. The number of halogens is 1. The van der Waals surface area contributed by atoms with Crippen molar-refractivity contribution in [3.8, 4) is 5.75 Å². The normalized spacial score (nSPS) is 11.2. The maximum absolute atomic E-state index is 12.2. The average Bonchev–Trinajstić information content (AvgIpc) is 2.43. The first-order valence-electron chi connectivity index (χ1n) is 5.85. The third-order valence-electron chi connectivity index (χ3n) is 2.78. The fourth-order valence-electron chi connectivity index (χ4n) is 1.68. The fraction of sp³-hybridized carbons (Fsp3) is 0.143. The van der Waals surface area contributed by atoms with Crippen LogP contribution in [0.5, 0.6) is 5.75 Å². The Kier molecular flexibility index (Phi) is 4.35. The molecule has 0 saturated heterocycles. The van der Waals surface area contributed by atoms with Crippen molar-refractivity contribution < 1.29 is 13.2 Å². The molecule has 0 saturated carbocycles. The summed E-state index contributed by atoms with van der Waals surface area (Å²) in [7, 11) is -2.05. The molecule has 0 fully saturated rings. The first kappa shape index (κ1) is 14.9. The van der Waals surface area contributed by atoms with Gasteiger partial charge in [-0.05, 0) is 55.0 Å². The number of anilines is 1. The minimum Gasteiger partial charge on any atom is -0.497 e. The van der Waals surface area contributed by atoms with Gasteiger partial charge in [-0.3, -0.25) is 4.72 Å². The highest BCUT2D eigenvalue weighted by molar-refractivity contribution is 9.10. The van der Waals surface area contributed by atoms with Crippen LogP contribution in [0.4, 0.5) is 5.69 Å². The quantitative estimate of drug-likeness (QED) is 0.911. The summed E-state index contributed by atoms with van der Waals surface area (Å²) in [6.07, 6.45) is 0. The lowest BCUT2D eigenvalue weighted by Crippen LogP contribution is -2.12. The largest absolute Gasteiger partial charge is 0.497 e. The van der Waals surface area contributed by atoms with Crippen molar-refractivity contribution in [3.05, 3.63) is 52.5 Å². The van der Waals surface area contributed by atoms with Crippen molar-refractivity contribution in [2.75, 3.05) is 11.8 Å². The molecule has 0 aliphatic carbocycles. The molecule has 0 radical (unpaired) electrons. The van der Waals surface area contributed by atoms with Gasteiger partial charge in [-0.25, -0.2) is 8.42 Å². The second-order valence-electron chi connectivity index (χ2n) is 4.24. The first-order chi connectivity index (χ1) is 9.42. The van der Waals surface area contributed by atoms with Crippen LogP contribution in [0.1, 0.15) is 5.56 Å². The van der Waals surface area contributed by atoms with Crippen molar-refractivity contribution in [2.24, 2.45) is 0 Å². The molecule has 0 heterocycles. The number of ether oxygens (including phenoxy) is 1. The maximum atomic E-state index is 12.2. The number of aryl methyl sites for hydroxylation is 1. The van der Waals surface area contributed by atoms with E-state index in [2.05, 4.69) is 20.7 Å². The Balaban J connectivity index is 2.27. The number of hydrogen-bond donors (Lipinski definition) is 1. The molecule has 2 rings (SSSR count). The van der Waals surface area contributed by atoms with Crippen LogP contribution in [0.3, 0.4) is 0 Å². The summed E-state index contributed by atoms with van der Waals surface area (Å²) in [5.74, 6) is 0.614. The summed E-state index contributed by atoms with van der Waals surface area (Å²) in [6.45, 7) is 1.90. The highest BCUT2D eigenvalue weighted by Crippen LogP contribution is 2.23. The van der Waals surface area contributed by atoms with E-state index in [4.69, 9.17) is 4.74 Å². The summed E-state index contributed by atoms with van der Waals surface area (Å²) in [5, 5.41) is 0. The lowest BCUT2D eigenvalue weighted by atomic mass is 10.2. The lowest BCUT2D eigenvalue weighted by molar-refractivity contribution is 0.414. The second kappa shape index (κ2) is 5.85. The van der Waals surface area contributed by atoms with Crippen LogP contribution >= 0.6 is 15.9 Å². The van der Waals surface area contributed by atoms with E-state index in [1.165, 1.54) is 19.2 Å². The highest BCUT2D eigenvalue weighted by Gasteiger charge is 2.14. The zero-order valence-corrected chi connectivity index (χ0v) is 13.5. The van der Waals surface area contributed by atoms with E-state index in [0.29, 0.717) is 11.4 Å². The minimum absolute atomic E-state index is 0.193. The molecule has 4 nitrogen and oxygen atoms in total. The first-order valence-corrected chi connectivity index (χ1v) is 8.13. The Hall–Kier alpha value is -1.53. The van der Waals surface area contributed by atoms with E-state index in [9.17, 15) is 8.42 Å². The second-order valence-corrected chi connectivity index (χ2v) is 6.78. The Labute approximate surface area is 127 Å². The smallest absolute Gasteiger partial charge is 0.261 e. The van der Waals surface area contributed by atoms with E-state index in [-0.39, 0.29) is 4.90 Å². The fourth-order valence-corrected chi connectivity index (χ4v) is 2.97. The third-order valence-corrected chi connectivity index (χ3v) is 5.07. The molecule has 0 atom stereocenters. The van der Waals surface area contributed by atoms with Crippen molar-refractivity contribution in [2.45, 2.75) is 11.8 Å². The Morgan fingerprint density at radius 1 is 1.10 bits per heavy atom. The van der Waals surface area contributed by atoms with Crippen molar-refractivity contribution in [1.82, 2.24) is 0 Å². The van der Waals surface area contributed by atoms with Gasteiger partial charge in [0.1, 0.15) is 5.75 Å². The maximum Gasteiger partial charge on any atom is 0.261 e.